The van der Waals surface area contributed by atoms with Gasteiger partial charge in [0.15, 0.2) is 0 Å². The Labute approximate surface area is 669 Å². The van der Waals surface area contributed by atoms with Gasteiger partial charge in [-0.25, -0.2) is 0 Å². The second-order valence-corrected chi connectivity index (χ2v) is 36.6. The monoisotopic (exact) mass is 1510 g/mol. The van der Waals surface area contributed by atoms with Crippen molar-refractivity contribution in [2.45, 2.75) is 401 Å². The summed E-state index contributed by atoms with van der Waals surface area (Å²) < 4.78 is 0. The van der Waals surface area contributed by atoms with Crippen molar-refractivity contribution in [3.63, 3.8) is 0 Å². The fourth-order valence-electron chi connectivity index (χ4n) is 17.6. The molecule has 4 aromatic heterocycles. The van der Waals surface area contributed by atoms with Crippen molar-refractivity contribution in [1.29, 1.82) is 0 Å². The van der Waals surface area contributed by atoms with E-state index in [4.69, 9.17) is 9.97 Å². The molecule has 108 heavy (non-hydrogen) atoms. The molecule has 8 rings (SSSR count). The normalized spacial score (nSPS) is 14.5. The number of carbonyl (C=O) groups excluding carboxylic acids is 2. The molecule has 0 spiro atoms. The number of carbonyl (C=O) groups is 2. The van der Waals surface area contributed by atoms with Crippen LogP contribution in [0.15, 0.2) is 109 Å². The molecule has 8 heteroatoms. The van der Waals surface area contributed by atoms with Crippen molar-refractivity contribution < 1.29 is 9.59 Å². The number of hydrogen-bond acceptors (Lipinski definition) is 8. The molecule has 0 N–H and O–H groups in total. The zero-order chi connectivity index (χ0) is 76.6. The molecule has 0 bridgehead atoms. The van der Waals surface area contributed by atoms with Crippen molar-refractivity contribution in [3.05, 3.63) is 131 Å². The van der Waals surface area contributed by atoms with Gasteiger partial charge in [-0.15, -0.1) is 22.7 Å². The van der Waals surface area contributed by atoms with E-state index in [1.54, 1.807) is 0 Å². The maximum atomic E-state index is 16.1. The molecule has 0 amide bonds. The van der Waals surface area contributed by atoms with Gasteiger partial charge in [0.05, 0.1) is 17.1 Å². The third-order valence-electron chi connectivity index (χ3n) is 25.3. The average Bonchev–Trinajstić information content (AvgIpc) is 1.57. The van der Waals surface area contributed by atoms with Crippen LogP contribution in [-0.2, 0) is 10.8 Å². The van der Waals surface area contributed by atoms with Crippen molar-refractivity contribution in [2.24, 2.45) is 11.8 Å². The topological polar surface area (TPSA) is 66.4 Å². The first-order valence-corrected chi connectivity index (χ1v) is 47.3. The number of unbranched alkanes of at least 4 members (excludes halogenated alkanes) is 36. The molecule has 0 fully saturated rings. The van der Waals surface area contributed by atoms with Gasteiger partial charge in [0, 0.05) is 83.9 Å². The zero-order valence-electron chi connectivity index (χ0n) is 70.6. The fourth-order valence-corrected chi connectivity index (χ4v) is 19.7. The fraction of sp³-hybridized carbons (Fsp3) is 0.660. The van der Waals surface area contributed by atoms with Gasteiger partial charge in [0.1, 0.15) is 11.4 Å². The van der Waals surface area contributed by atoms with E-state index in [0.717, 1.165) is 90.1 Å². The molecular formula is C100H152N4O2S2. The Morgan fingerprint density at radius 1 is 0.343 bits per heavy atom. The highest BCUT2D eigenvalue weighted by atomic mass is 32.1. The number of thiophene rings is 2. The molecule has 0 saturated carbocycles. The summed E-state index contributed by atoms with van der Waals surface area (Å²) in [6, 6.07) is 31.1. The van der Waals surface area contributed by atoms with Gasteiger partial charge in [0.2, 0.25) is 11.6 Å². The highest BCUT2D eigenvalue weighted by Gasteiger charge is 2.44. The van der Waals surface area contributed by atoms with Crippen LogP contribution in [0.2, 0.25) is 0 Å². The summed E-state index contributed by atoms with van der Waals surface area (Å²) >= 11 is 3.64. The Morgan fingerprint density at radius 3 is 1.04 bits per heavy atom. The van der Waals surface area contributed by atoms with Crippen molar-refractivity contribution in [3.8, 4) is 41.9 Å². The number of hydrogen-bond donors (Lipinski definition) is 0. The van der Waals surface area contributed by atoms with Crippen LogP contribution >= 0.6 is 22.7 Å². The molecule has 2 unspecified atom stereocenters. The number of rotatable bonds is 60. The van der Waals surface area contributed by atoms with Crippen LogP contribution in [0.25, 0.3) is 41.9 Å². The number of ketones is 2. The highest BCUT2D eigenvalue weighted by Crippen LogP contribution is 2.48. The summed E-state index contributed by atoms with van der Waals surface area (Å²) in [5.74, 6) is 1.12. The highest BCUT2D eigenvalue weighted by molar-refractivity contribution is 7.25. The van der Waals surface area contributed by atoms with E-state index in [-0.39, 0.29) is 22.4 Å². The van der Waals surface area contributed by atoms with Crippen LogP contribution in [0.1, 0.15) is 422 Å². The molecule has 2 aliphatic rings. The molecule has 6 aromatic rings. The predicted octanol–water partition coefficient (Wildman–Crippen LogP) is 32.6. The quantitative estimate of drug-likeness (QED) is 0.0280. The number of nitrogens with zero attached hydrogens (tertiary/aromatic N) is 4. The molecule has 2 atom stereocenters. The molecule has 0 radical (unpaired) electrons. The Morgan fingerprint density at radius 2 is 0.685 bits per heavy atom. The second-order valence-electron chi connectivity index (χ2n) is 34.4. The summed E-state index contributed by atoms with van der Waals surface area (Å²) in [4.78, 5) is 52.0. The smallest absolute Gasteiger partial charge is 0.213 e. The number of fused-ring (bicyclic) bond motifs is 2. The SMILES string of the molecule is CCCCCCCCCCCCCCC(CCCCCCCCCC)CCN1/C(=C2\C(=O)c3ccc(C(C)(CC)CC)cc3N2CCC(CCCCCCCCCC)CCCCCCCCCCCCCC)C(=O)c2ccc(-c3ccc(-c4ccc(-c5ccc(-c6ccc(C(C)(C)CCC)nc6)s5)s4)cn3)cc21. The number of Topliss-reactive ketones (excluding diaryl/α,β-unsaturated/α-hetero) is 2. The van der Waals surface area contributed by atoms with Gasteiger partial charge in [-0.2, -0.15) is 0 Å². The first kappa shape index (κ1) is 88.4. The Balaban J connectivity index is 1.10. The number of allylic oxidation sites excluding steroid dienone is 2. The minimum absolute atomic E-state index is 0.00635. The minimum atomic E-state index is -0.0295. The van der Waals surface area contributed by atoms with Gasteiger partial charge in [-0.1, -0.05) is 376 Å². The molecule has 0 saturated heterocycles. The maximum absolute atomic E-state index is 16.1. The summed E-state index contributed by atoms with van der Waals surface area (Å²) in [7, 11) is 0. The van der Waals surface area contributed by atoms with Crippen molar-refractivity contribution in [1.82, 2.24) is 9.97 Å². The number of pyridine rings is 2. The van der Waals surface area contributed by atoms with E-state index in [9.17, 15) is 0 Å². The van der Waals surface area contributed by atoms with Crippen molar-refractivity contribution in [2.75, 3.05) is 22.9 Å². The molecular weight excluding hydrogens is 1350 g/mol. The Kier molecular flexibility index (Phi) is 40.4. The van der Waals surface area contributed by atoms with E-state index in [2.05, 4.69) is 170 Å². The van der Waals surface area contributed by atoms with Crippen molar-refractivity contribution >= 4 is 45.6 Å². The lowest BCUT2D eigenvalue weighted by Gasteiger charge is -2.31. The zero-order valence-corrected chi connectivity index (χ0v) is 72.2. The average molecular weight is 1510 g/mol. The maximum Gasteiger partial charge on any atom is 0.213 e. The van der Waals surface area contributed by atoms with Crippen LogP contribution in [0.3, 0.4) is 0 Å². The summed E-state index contributed by atoms with van der Waals surface area (Å²) in [6.45, 7) is 24.6. The lowest BCUT2D eigenvalue weighted by molar-refractivity contribution is 0.100. The van der Waals surface area contributed by atoms with Crippen LogP contribution in [0.4, 0.5) is 11.4 Å². The first-order chi connectivity index (χ1) is 52.8. The van der Waals surface area contributed by atoms with E-state index in [1.807, 2.05) is 28.9 Å². The molecule has 0 aliphatic carbocycles. The van der Waals surface area contributed by atoms with Crippen LogP contribution in [-0.4, -0.2) is 34.6 Å². The van der Waals surface area contributed by atoms with Crippen LogP contribution < -0.4 is 9.80 Å². The molecule has 596 valence electrons. The first-order valence-electron chi connectivity index (χ1n) is 45.6. The largest absolute Gasteiger partial charge is 0.336 e. The summed E-state index contributed by atoms with van der Waals surface area (Å²) in [5, 5.41) is 0. The molecule has 2 aromatic carbocycles. The molecule has 6 nitrogen and oxygen atoms in total. The number of aromatic nitrogens is 2. The van der Waals surface area contributed by atoms with E-state index >= 15 is 9.59 Å². The predicted molar refractivity (Wildman–Crippen MR) is 474 cm³/mol. The standard InChI is InChI=1S/C100H152N4O2S2/c1-11-18-22-26-30-34-36-38-40-44-48-52-55-79(54-50-46-42-32-28-24-20-13-3)70-73-103-88-75-81(87-64-59-82(77-101-87)90-65-67-92(107-90)93-68-66-91(108-93)83-60-69-94(102-78-83)99(8,9)72-15-5)58-62-85(88)97(105)95(103)96-98(106)86-63-61-84(100(10,16-6)17-7)76-89(86)104(96)74-71-80(56-51-47-43-33-29-25-21-14-4)57-53-49-45-41-39-37-35-31-27-23-19-12-2/h58-69,75-80H,11-57,70-74H2,1-10H3/b96-95+. The lowest BCUT2D eigenvalue weighted by Crippen LogP contribution is -2.32. The minimum Gasteiger partial charge on any atom is -0.336 e. The summed E-state index contributed by atoms with van der Waals surface area (Å²) in [5.41, 5.74) is 11.3. The van der Waals surface area contributed by atoms with Crippen LogP contribution in [0, 0.1) is 11.8 Å². The number of benzene rings is 2. The van der Waals surface area contributed by atoms with Gasteiger partial charge in [-0.05, 0) is 122 Å². The Hall–Kier alpha value is -5.18. The number of anilines is 2. The van der Waals surface area contributed by atoms with Crippen LogP contribution in [0.5, 0.6) is 0 Å². The third-order valence-corrected chi connectivity index (χ3v) is 27.8. The molecule has 6 heterocycles. The Bertz CT molecular complexity index is 3510. The van der Waals surface area contributed by atoms with E-state index in [0.29, 0.717) is 35.3 Å². The summed E-state index contributed by atoms with van der Waals surface area (Å²) in [6.07, 6.45) is 69.1. The van der Waals surface area contributed by atoms with Gasteiger partial charge in [0.25, 0.3) is 0 Å². The second kappa shape index (κ2) is 49.3. The van der Waals surface area contributed by atoms with E-state index in [1.165, 1.54) is 308 Å². The van der Waals surface area contributed by atoms with Gasteiger partial charge < -0.3 is 9.80 Å². The van der Waals surface area contributed by atoms with Gasteiger partial charge in [-0.3, -0.25) is 19.6 Å². The van der Waals surface area contributed by atoms with Gasteiger partial charge >= 0.3 is 0 Å². The van der Waals surface area contributed by atoms with E-state index < -0.39 is 0 Å². The molecule has 2 aliphatic heterocycles. The lowest BCUT2D eigenvalue weighted by atomic mass is 9.77. The third kappa shape index (κ3) is 27.6.